The fraction of sp³-hybridized carbons (Fsp3) is 0. The van der Waals surface area contributed by atoms with Crippen LogP contribution in [0.4, 0.5) is 5.69 Å². The van der Waals surface area contributed by atoms with Gasteiger partial charge in [-0.15, -0.1) is 0 Å². The molecule has 0 N–H and O–H groups in total. The number of aromatic nitrogens is 2. The number of nitriles is 1. The Kier molecular flexibility index (Phi) is 6.50. The van der Waals surface area contributed by atoms with Crippen LogP contribution in [0.3, 0.4) is 0 Å². The van der Waals surface area contributed by atoms with Crippen molar-refractivity contribution in [3.63, 3.8) is 0 Å². The summed E-state index contributed by atoms with van der Waals surface area (Å²) in [4.78, 5) is 3.70. The standard InChI is InChI=1S/C44H26N4O/c1-46-35-27-34(29-14-4-2-5-15-29)40(26-30(35)28-45)48-37-21-11-9-19-33(37)44-39(48)23-13-25-42(44)49-41-24-12-22-38-43(41)32-18-8-10-20-36(32)47(38)31-16-6-3-7-17-31/h2-27H. The van der Waals surface area contributed by atoms with Crippen molar-refractivity contribution in [1.29, 1.82) is 5.26 Å². The zero-order valence-corrected chi connectivity index (χ0v) is 26.2. The van der Waals surface area contributed by atoms with E-state index in [9.17, 15) is 5.26 Å². The van der Waals surface area contributed by atoms with Crippen molar-refractivity contribution in [2.45, 2.75) is 0 Å². The molecule has 0 saturated heterocycles. The third-order valence-corrected chi connectivity index (χ3v) is 9.23. The van der Waals surface area contributed by atoms with Gasteiger partial charge in [0.1, 0.15) is 11.5 Å². The van der Waals surface area contributed by atoms with Gasteiger partial charge in [-0.05, 0) is 71.8 Å². The Labute approximate surface area is 282 Å². The minimum atomic E-state index is 0.331. The summed E-state index contributed by atoms with van der Waals surface area (Å²) in [5, 5.41) is 14.2. The van der Waals surface area contributed by atoms with Gasteiger partial charge in [0.25, 0.3) is 0 Å². The Morgan fingerprint density at radius 2 is 1.08 bits per heavy atom. The number of rotatable bonds is 5. The summed E-state index contributed by atoms with van der Waals surface area (Å²) in [6, 6.07) is 55.5. The number of fused-ring (bicyclic) bond motifs is 6. The van der Waals surface area contributed by atoms with Gasteiger partial charge in [-0.2, -0.15) is 5.26 Å². The number of benzene rings is 7. The van der Waals surface area contributed by atoms with Crippen molar-refractivity contribution in [3.05, 3.63) is 175 Å². The average Bonchev–Trinajstić information content (AvgIpc) is 3.69. The Morgan fingerprint density at radius 1 is 0.551 bits per heavy atom. The SMILES string of the molecule is [C-]#[N+]c1cc(-c2ccccc2)c(-n2c3ccccc3c3c(Oc4cccc5c4c4ccccc4n5-c4ccccc4)cccc32)cc1C#N. The number of hydrogen-bond acceptors (Lipinski definition) is 2. The highest BCUT2D eigenvalue weighted by Gasteiger charge is 2.22. The van der Waals surface area contributed by atoms with Crippen LogP contribution in [-0.4, -0.2) is 9.13 Å². The van der Waals surface area contributed by atoms with Gasteiger partial charge in [-0.25, -0.2) is 4.85 Å². The van der Waals surface area contributed by atoms with Gasteiger partial charge in [-0.1, -0.05) is 97.1 Å². The molecule has 0 bridgehead atoms. The van der Waals surface area contributed by atoms with Gasteiger partial charge < -0.3 is 13.9 Å². The van der Waals surface area contributed by atoms with E-state index in [4.69, 9.17) is 11.3 Å². The Morgan fingerprint density at radius 3 is 1.69 bits per heavy atom. The molecule has 0 fully saturated rings. The lowest BCUT2D eigenvalue weighted by Crippen LogP contribution is -1.98. The molecule has 0 amide bonds. The van der Waals surface area contributed by atoms with E-state index in [0.29, 0.717) is 11.3 Å². The summed E-state index contributed by atoms with van der Waals surface area (Å²) in [6.07, 6.45) is 0. The largest absolute Gasteiger partial charge is 0.456 e. The molecule has 9 aromatic rings. The van der Waals surface area contributed by atoms with E-state index >= 15 is 0 Å². The van der Waals surface area contributed by atoms with Crippen LogP contribution in [0.15, 0.2) is 158 Å². The Bertz CT molecular complexity index is 2810. The highest BCUT2D eigenvalue weighted by atomic mass is 16.5. The van der Waals surface area contributed by atoms with E-state index < -0.39 is 0 Å². The zero-order valence-electron chi connectivity index (χ0n) is 26.2. The molecule has 0 unspecified atom stereocenters. The van der Waals surface area contributed by atoms with Crippen molar-refractivity contribution in [2.24, 2.45) is 0 Å². The van der Waals surface area contributed by atoms with Crippen LogP contribution in [0.25, 0.3) is 71.0 Å². The van der Waals surface area contributed by atoms with Crippen molar-refractivity contribution < 1.29 is 4.74 Å². The van der Waals surface area contributed by atoms with E-state index in [1.807, 2.05) is 84.9 Å². The molecule has 7 aromatic carbocycles. The molecule has 49 heavy (non-hydrogen) atoms. The number of hydrogen-bond donors (Lipinski definition) is 0. The minimum absolute atomic E-state index is 0.331. The second kappa shape index (κ2) is 11.3. The topological polar surface area (TPSA) is 47.2 Å². The molecule has 2 heterocycles. The molecule has 0 radical (unpaired) electrons. The molecule has 5 nitrogen and oxygen atoms in total. The van der Waals surface area contributed by atoms with Gasteiger partial charge >= 0.3 is 0 Å². The minimum Gasteiger partial charge on any atom is -0.456 e. The monoisotopic (exact) mass is 626 g/mol. The summed E-state index contributed by atoms with van der Waals surface area (Å²) < 4.78 is 11.5. The molecular formula is C44H26N4O. The zero-order chi connectivity index (χ0) is 32.9. The molecule has 0 aliphatic rings. The molecule has 0 saturated carbocycles. The van der Waals surface area contributed by atoms with Crippen LogP contribution < -0.4 is 4.74 Å². The maximum absolute atomic E-state index is 10.1. The van der Waals surface area contributed by atoms with Crippen molar-refractivity contribution in [2.75, 3.05) is 0 Å². The maximum atomic E-state index is 10.1. The van der Waals surface area contributed by atoms with Crippen LogP contribution >= 0.6 is 0 Å². The number of ether oxygens (including phenoxy) is 1. The first-order chi connectivity index (χ1) is 24.2. The highest BCUT2D eigenvalue weighted by molar-refractivity contribution is 6.14. The first kappa shape index (κ1) is 28.2. The molecule has 9 rings (SSSR count). The van der Waals surface area contributed by atoms with E-state index in [1.54, 1.807) is 0 Å². The van der Waals surface area contributed by atoms with Crippen LogP contribution in [0.1, 0.15) is 5.56 Å². The third-order valence-electron chi connectivity index (χ3n) is 9.23. The predicted octanol–water partition coefficient (Wildman–Crippen LogP) is 11.8. The molecule has 0 atom stereocenters. The Hall–Kier alpha value is -7.08. The van der Waals surface area contributed by atoms with Crippen LogP contribution in [0.2, 0.25) is 0 Å². The molecule has 0 aliphatic heterocycles. The van der Waals surface area contributed by atoms with E-state index in [-0.39, 0.29) is 0 Å². The van der Waals surface area contributed by atoms with Crippen molar-refractivity contribution >= 4 is 49.3 Å². The van der Waals surface area contributed by atoms with Crippen LogP contribution in [-0.2, 0) is 0 Å². The van der Waals surface area contributed by atoms with E-state index in [2.05, 4.69) is 92.8 Å². The molecule has 0 spiro atoms. The maximum Gasteiger partial charge on any atom is 0.205 e. The molecule has 2 aromatic heterocycles. The van der Waals surface area contributed by atoms with Crippen LogP contribution in [0.5, 0.6) is 11.5 Å². The smallest absolute Gasteiger partial charge is 0.205 e. The Balaban J connectivity index is 1.31. The summed E-state index contributed by atoms with van der Waals surface area (Å²) >= 11 is 0. The molecule has 228 valence electrons. The lowest BCUT2D eigenvalue weighted by Gasteiger charge is -2.16. The third kappa shape index (κ3) is 4.38. The van der Waals surface area contributed by atoms with Gasteiger partial charge in [-0.3, -0.25) is 0 Å². The van der Waals surface area contributed by atoms with Crippen LogP contribution in [0, 0.1) is 17.9 Å². The summed E-state index contributed by atoms with van der Waals surface area (Å²) in [5.41, 5.74) is 8.51. The quantitative estimate of drug-likeness (QED) is 0.178. The fourth-order valence-electron chi connectivity index (χ4n) is 7.17. The van der Waals surface area contributed by atoms with Crippen molar-refractivity contribution in [3.8, 4) is 40.1 Å². The molecule has 0 aliphatic carbocycles. The normalized spacial score (nSPS) is 11.2. The van der Waals surface area contributed by atoms with Gasteiger partial charge in [0.2, 0.25) is 5.69 Å². The number of nitrogens with zero attached hydrogens (tertiary/aromatic N) is 4. The first-order valence-electron chi connectivity index (χ1n) is 16.0. The summed E-state index contributed by atoms with van der Waals surface area (Å²) in [6.45, 7) is 7.80. The predicted molar refractivity (Wildman–Crippen MR) is 198 cm³/mol. The molecular weight excluding hydrogens is 601 g/mol. The second-order valence-electron chi connectivity index (χ2n) is 11.9. The van der Waals surface area contributed by atoms with Gasteiger partial charge in [0, 0.05) is 16.5 Å². The lowest BCUT2D eigenvalue weighted by molar-refractivity contribution is 0.495. The second-order valence-corrected chi connectivity index (χ2v) is 11.9. The fourth-order valence-corrected chi connectivity index (χ4v) is 7.17. The summed E-state index contributed by atoms with van der Waals surface area (Å²) in [7, 11) is 0. The van der Waals surface area contributed by atoms with Gasteiger partial charge in [0.15, 0.2) is 0 Å². The van der Waals surface area contributed by atoms with Crippen molar-refractivity contribution in [1.82, 2.24) is 9.13 Å². The van der Waals surface area contributed by atoms with E-state index in [1.165, 1.54) is 0 Å². The van der Waals surface area contributed by atoms with E-state index in [0.717, 1.165) is 77.6 Å². The lowest BCUT2D eigenvalue weighted by atomic mass is 9.99. The first-order valence-corrected chi connectivity index (χ1v) is 16.0. The number of para-hydroxylation sites is 3. The average molecular weight is 627 g/mol. The molecule has 5 heteroatoms. The highest BCUT2D eigenvalue weighted by Crippen LogP contribution is 2.45. The van der Waals surface area contributed by atoms with Gasteiger partial charge in [0.05, 0.1) is 56.7 Å². The summed E-state index contributed by atoms with van der Waals surface area (Å²) in [5.74, 6) is 1.50.